The number of hydrogen-bond acceptors (Lipinski definition) is 9. The number of rotatable bonds is 10. The molecule has 1 saturated heterocycles. The van der Waals surface area contributed by atoms with E-state index in [1.165, 1.54) is 0 Å². The Balaban J connectivity index is 1.07. The maximum absolute atomic E-state index is 12.8. The number of ether oxygens (including phenoxy) is 1. The lowest BCUT2D eigenvalue weighted by Crippen LogP contribution is -2.38. The third-order valence-corrected chi connectivity index (χ3v) is 8.34. The molecule has 3 aromatic heterocycles. The quantitative estimate of drug-likeness (QED) is 0.302. The smallest absolute Gasteiger partial charge is 0.225 e. The molecule has 12 nitrogen and oxygen atoms in total. The van der Waals surface area contributed by atoms with E-state index in [2.05, 4.69) is 43.0 Å². The van der Waals surface area contributed by atoms with Crippen LogP contribution in [0, 0.1) is 11.8 Å². The van der Waals surface area contributed by atoms with Gasteiger partial charge in [-0.3, -0.25) is 9.48 Å². The molecule has 2 N–H and O–H groups in total. The first-order valence-corrected chi connectivity index (χ1v) is 14.5. The van der Waals surface area contributed by atoms with E-state index < -0.39 is 0 Å². The summed E-state index contributed by atoms with van der Waals surface area (Å²) in [5.74, 6) is 1.32. The molecule has 6 rings (SSSR count). The van der Waals surface area contributed by atoms with Gasteiger partial charge in [-0.15, -0.1) is 5.10 Å². The van der Waals surface area contributed by atoms with Gasteiger partial charge in [0, 0.05) is 37.4 Å². The van der Waals surface area contributed by atoms with Crippen LogP contribution in [0.5, 0.6) is 0 Å². The summed E-state index contributed by atoms with van der Waals surface area (Å²) in [4.78, 5) is 24.4. The second kappa shape index (κ2) is 12.3. The van der Waals surface area contributed by atoms with Crippen molar-refractivity contribution in [1.29, 1.82) is 0 Å². The monoisotopic (exact) mass is 558 g/mol. The normalized spacial score (nSPS) is 20.0. The summed E-state index contributed by atoms with van der Waals surface area (Å²) in [5, 5.41) is 19.7. The topological polar surface area (TPSA) is 128 Å². The lowest BCUT2D eigenvalue weighted by Gasteiger charge is -2.29. The molecule has 0 spiro atoms. The largest absolute Gasteiger partial charge is 0.383 e. The molecular formula is C29H38N10O2. The first-order valence-electron chi connectivity index (χ1n) is 14.5. The lowest BCUT2D eigenvalue weighted by molar-refractivity contribution is -0.125. The van der Waals surface area contributed by atoms with E-state index in [4.69, 9.17) is 9.72 Å². The van der Waals surface area contributed by atoms with Crippen LogP contribution in [-0.4, -0.2) is 92.0 Å². The van der Waals surface area contributed by atoms with E-state index >= 15 is 0 Å². The summed E-state index contributed by atoms with van der Waals surface area (Å²) >= 11 is 0. The summed E-state index contributed by atoms with van der Waals surface area (Å²) in [6.07, 6.45) is 10.4. The highest BCUT2D eigenvalue weighted by atomic mass is 16.5. The van der Waals surface area contributed by atoms with Crippen LogP contribution in [0.25, 0.3) is 28.0 Å². The van der Waals surface area contributed by atoms with E-state index in [9.17, 15) is 4.79 Å². The summed E-state index contributed by atoms with van der Waals surface area (Å²) < 4.78 is 8.73. The van der Waals surface area contributed by atoms with Crippen molar-refractivity contribution in [2.24, 2.45) is 11.8 Å². The fourth-order valence-electron chi connectivity index (χ4n) is 5.78. The zero-order chi connectivity index (χ0) is 28.2. The predicted molar refractivity (Wildman–Crippen MR) is 156 cm³/mol. The average Bonchev–Trinajstić information content (AvgIpc) is 3.76. The Bertz CT molecular complexity index is 1460. The van der Waals surface area contributed by atoms with E-state index in [0.29, 0.717) is 36.2 Å². The first-order chi connectivity index (χ1) is 20.1. The Kier molecular flexibility index (Phi) is 8.19. The third-order valence-electron chi connectivity index (χ3n) is 8.34. The number of piperidine rings is 1. The van der Waals surface area contributed by atoms with Crippen LogP contribution in [-0.2, 0) is 16.1 Å². The minimum Gasteiger partial charge on any atom is -0.383 e. The van der Waals surface area contributed by atoms with Crippen LogP contribution in [0.2, 0.25) is 0 Å². The fourth-order valence-corrected chi connectivity index (χ4v) is 5.78. The molecule has 2 atom stereocenters. The van der Waals surface area contributed by atoms with Gasteiger partial charge in [-0.1, -0.05) is 17.3 Å². The van der Waals surface area contributed by atoms with Crippen LogP contribution in [0.3, 0.4) is 0 Å². The van der Waals surface area contributed by atoms with E-state index in [1.807, 2.05) is 41.3 Å². The number of fused-ring (bicyclic) bond motifs is 1. The Morgan fingerprint density at radius 2 is 1.90 bits per heavy atom. The van der Waals surface area contributed by atoms with Crippen LogP contribution in [0.15, 0.2) is 42.9 Å². The Morgan fingerprint density at radius 1 is 1.07 bits per heavy atom. The molecule has 1 aliphatic carbocycles. The summed E-state index contributed by atoms with van der Waals surface area (Å²) in [6, 6.07) is 8.22. The number of hydrogen-bond donors (Lipinski definition) is 2. The maximum Gasteiger partial charge on any atom is 0.225 e. The van der Waals surface area contributed by atoms with Crippen molar-refractivity contribution in [2.45, 2.75) is 44.7 Å². The third kappa shape index (κ3) is 6.38. The molecule has 0 radical (unpaired) electrons. The molecule has 4 aromatic rings. The highest BCUT2D eigenvalue weighted by Gasteiger charge is 2.31. The van der Waals surface area contributed by atoms with Gasteiger partial charge in [-0.05, 0) is 75.9 Å². The number of carbonyl (C=O) groups is 1. The second-order valence-corrected chi connectivity index (χ2v) is 11.3. The fraction of sp³-hybridized carbons (Fsp3) is 0.517. The second-order valence-electron chi connectivity index (χ2n) is 11.3. The van der Waals surface area contributed by atoms with Gasteiger partial charge in [0.15, 0.2) is 11.2 Å². The van der Waals surface area contributed by atoms with Crippen molar-refractivity contribution >= 4 is 23.0 Å². The van der Waals surface area contributed by atoms with Gasteiger partial charge < -0.3 is 20.3 Å². The number of benzene rings is 1. The zero-order valence-corrected chi connectivity index (χ0v) is 23.7. The predicted octanol–water partition coefficient (Wildman–Crippen LogP) is 2.76. The van der Waals surface area contributed by atoms with Gasteiger partial charge in [0.05, 0.1) is 31.2 Å². The molecule has 41 heavy (non-hydrogen) atoms. The molecule has 1 saturated carbocycles. The minimum atomic E-state index is 0.0280. The Labute approximate surface area is 239 Å². The average molecular weight is 559 g/mol. The van der Waals surface area contributed by atoms with Crippen LogP contribution < -0.4 is 10.6 Å². The van der Waals surface area contributed by atoms with Gasteiger partial charge in [0.1, 0.15) is 0 Å². The van der Waals surface area contributed by atoms with Crippen molar-refractivity contribution in [2.75, 3.05) is 45.7 Å². The zero-order valence-electron chi connectivity index (χ0n) is 23.7. The maximum atomic E-state index is 12.8. The molecule has 4 heterocycles. The van der Waals surface area contributed by atoms with Gasteiger partial charge in [-0.2, -0.15) is 14.8 Å². The minimum absolute atomic E-state index is 0.0280. The number of likely N-dealkylation sites (tertiary alicyclic amines) is 1. The number of nitrogens with zero attached hydrogens (tertiary/aromatic N) is 8. The molecule has 2 fully saturated rings. The standard InChI is InChI=1S/C29H38N10O2/c1-37-11-9-20(10-12-37)16-30-28(40)22-3-6-24(15-22)33-29-31-18-26-27(34-29)39(36-35-26)25-7-4-21(5-8-25)23-17-32-38(19-23)13-14-41-2/h4-5,7-8,17-20,22,24H,3,6,9-16H2,1-2H3,(H,30,40)(H,31,33,34). The van der Waals surface area contributed by atoms with Gasteiger partial charge in [-0.25, -0.2) is 4.98 Å². The number of aromatic nitrogens is 7. The number of nitrogens with one attached hydrogen (secondary N) is 2. The molecule has 216 valence electrons. The highest BCUT2D eigenvalue weighted by Crippen LogP contribution is 2.28. The van der Waals surface area contributed by atoms with Crippen LogP contribution >= 0.6 is 0 Å². The Morgan fingerprint density at radius 3 is 2.71 bits per heavy atom. The summed E-state index contributed by atoms with van der Waals surface area (Å²) in [7, 11) is 3.84. The molecule has 0 bridgehead atoms. The molecule has 1 aliphatic heterocycles. The van der Waals surface area contributed by atoms with Crippen molar-refractivity contribution < 1.29 is 9.53 Å². The van der Waals surface area contributed by atoms with E-state index in [0.717, 1.165) is 68.6 Å². The SMILES string of the molecule is COCCn1cc(-c2ccc(-n3nnc4cnc(NC5CCC(C(=O)NCC6CCN(C)CC6)C5)nc43)cc2)cn1. The van der Waals surface area contributed by atoms with Gasteiger partial charge >= 0.3 is 0 Å². The molecule has 2 unspecified atom stereocenters. The van der Waals surface area contributed by atoms with Gasteiger partial charge in [0.2, 0.25) is 11.9 Å². The van der Waals surface area contributed by atoms with Crippen molar-refractivity contribution in [3.8, 4) is 16.8 Å². The first kappa shape index (κ1) is 27.3. The molecule has 2 aliphatic rings. The highest BCUT2D eigenvalue weighted by molar-refractivity contribution is 5.79. The summed E-state index contributed by atoms with van der Waals surface area (Å²) in [6.45, 7) is 4.35. The number of amides is 1. The van der Waals surface area contributed by atoms with E-state index in [-0.39, 0.29) is 17.9 Å². The van der Waals surface area contributed by atoms with Crippen LogP contribution in [0.4, 0.5) is 5.95 Å². The number of carbonyl (C=O) groups excluding carboxylic acids is 1. The Hall–Kier alpha value is -3.90. The van der Waals surface area contributed by atoms with Crippen molar-refractivity contribution in [1.82, 2.24) is 45.0 Å². The van der Waals surface area contributed by atoms with Crippen molar-refractivity contribution in [3.63, 3.8) is 0 Å². The van der Waals surface area contributed by atoms with E-state index in [1.54, 1.807) is 18.0 Å². The molecule has 12 heteroatoms. The number of anilines is 1. The van der Waals surface area contributed by atoms with Crippen molar-refractivity contribution in [3.05, 3.63) is 42.9 Å². The lowest BCUT2D eigenvalue weighted by atomic mass is 9.96. The van der Waals surface area contributed by atoms with Gasteiger partial charge in [0.25, 0.3) is 0 Å². The molecular weight excluding hydrogens is 520 g/mol. The molecule has 1 amide bonds. The summed E-state index contributed by atoms with van der Waals surface area (Å²) in [5.41, 5.74) is 4.21. The number of methoxy groups -OCH3 is 1. The molecule has 1 aromatic carbocycles. The van der Waals surface area contributed by atoms with Crippen LogP contribution in [0.1, 0.15) is 32.1 Å².